The van der Waals surface area contributed by atoms with Crippen LogP contribution in [0.3, 0.4) is 0 Å². The average molecular weight is 344 g/mol. The molecule has 0 spiro atoms. The van der Waals surface area contributed by atoms with E-state index >= 15 is 0 Å². The Balaban J connectivity index is 1.60. The first kappa shape index (κ1) is 17.1. The van der Waals surface area contributed by atoms with Gasteiger partial charge in [0.25, 0.3) is 11.8 Å². The molecule has 2 amide bonds. The van der Waals surface area contributed by atoms with Gasteiger partial charge in [0.1, 0.15) is 11.5 Å². The molecule has 1 aromatic carbocycles. The van der Waals surface area contributed by atoms with E-state index < -0.39 is 11.7 Å². The summed E-state index contributed by atoms with van der Waals surface area (Å²) in [4.78, 5) is 26.4. The number of hydrogen-bond acceptors (Lipinski definition) is 3. The molecule has 6 nitrogen and oxygen atoms in total. The molecule has 7 heteroatoms. The number of halogens is 1. The zero-order valence-corrected chi connectivity index (χ0v) is 14.3. The second-order valence-corrected chi connectivity index (χ2v) is 6.55. The van der Waals surface area contributed by atoms with Crippen molar-refractivity contribution < 1.29 is 14.0 Å². The molecular weight excluding hydrogens is 323 g/mol. The van der Waals surface area contributed by atoms with Crippen molar-refractivity contribution in [3.05, 3.63) is 53.1 Å². The topological polar surface area (TPSA) is 78.1 Å². The SMILES string of the molecule is CC(C)c1cc(C(=O)N2CCC(NC(=O)c3ccccc3F)C2)[nH]n1. The van der Waals surface area contributed by atoms with Crippen LogP contribution in [0, 0.1) is 5.82 Å². The molecule has 1 fully saturated rings. The van der Waals surface area contributed by atoms with Crippen molar-refractivity contribution in [2.75, 3.05) is 13.1 Å². The molecule has 0 radical (unpaired) electrons. The maximum absolute atomic E-state index is 13.7. The maximum atomic E-state index is 13.7. The standard InChI is InChI=1S/C18H21FN4O2/c1-11(2)15-9-16(22-21-15)18(25)23-8-7-12(10-23)20-17(24)13-5-3-4-6-14(13)19/h3-6,9,11-12H,7-8,10H2,1-2H3,(H,20,24)(H,21,22). The van der Waals surface area contributed by atoms with Crippen LogP contribution in [0.5, 0.6) is 0 Å². The third kappa shape index (κ3) is 3.70. The van der Waals surface area contributed by atoms with E-state index in [1.54, 1.807) is 17.0 Å². The van der Waals surface area contributed by atoms with E-state index in [9.17, 15) is 14.0 Å². The Morgan fingerprint density at radius 3 is 2.80 bits per heavy atom. The number of H-pyrrole nitrogens is 1. The number of nitrogens with zero attached hydrogens (tertiary/aromatic N) is 2. The lowest BCUT2D eigenvalue weighted by atomic mass is 10.1. The number of aromatic nitrogens is 2. The number of aromatic amines is 1. The van der Waals surface area contributed by atoms with Gasteiger partial charge in [-0.2, -0.15) is 5.10 Å². The number of benzene rings is 1. The Bertz CT molecular complexity index is 787. The van der Waals surface area contributed by atoms with Crippen molar-refractivity contribution in [3.8, 4) is 0 Å². The smallest absolute Gasteiger partial charge is 0.271 e. The van der Waals surface area contributed by atoms with E-state index in [2.05, 4.69) is 15.5 Å². The Labute approximate surface area is 145 Å². The molecule has 0 aliphatic carbocycles. The molecule has 1 unspecified atom stereocenters. The van der Waals surface area contributed by atoms with E-state index in [0.717, 1.165) is 5.69 Å². The van der Waals surface area contributed by atoms with Crippen molar-refractivity contribution >= 4 is 11.8 Å². The van der Waals surface area contributed by atoms with Crippen LogP contribution in [0.4, 0.5) is 4.39 Å². The fourth-order valence-corrected chi connectivity index (χ4v) is 2.88. The summed E-state index contributed by atoms with van der Waals surface area (Å²) in [6.45, 7) is 4.95. The van der Waals surface area contributed by atoms with Crippen LogP contribution in [-0.4, -0.2) is 46.0 Å². The molecule has 1 aliphatic rings. The highest BCUT2D eigenvalue weighted by atomic mass is 19.1. The third-order valence-electron chi connectivity index (χ3n) is 4.35. The molecule has 0 saturated carbocycles. The molecule has 2 aromatic rings. The highest BCUT2D eigenvalue weighted by molar-refractivity contribution is 5.95. The summed E-state index contributed by atoms with van der Waals surface area (Å²) in [5.74, 6) is -0.906. The quantitative estimate of drug-likeness (QED) is 0.893. The molecule has 3 rings (SSSR count). The molecule has 132 valence electrons. The van der Waals surface area contributed by atoms with Crippen LogP contribution >= 0.6 is 0 Å². The molecule has 1 saturated heterocycles. The number of rotatable bonds is 4. The van der Waals surface area contributed by atoms with Crippen LogP contribution in [0.15, 0.2) is 30.3 Å². The van der Waals surface area contributed by atoms with Crippen molar-refractivity contribution in [1.82, 2.24) is 20.4 Å². The predicted octanol–water partition coefficient (Wildman–Crippen LogP) is 2.32. The highest BCUT2D eigenvalue weighted by Gasteiger charge is 2.29. The lowest BCUT2D eigenvalue weighted by Crippen LogP contribution is -2.38. The number of hydrogen-bond donors (Lipinski definition) is 2. The fraction of sp³-hybridized carbons (Fsp3) is 0.389. The summed E-state index contributed by atoms with van der Waals surface area (Å²) >= 11 is 0. The molecule has 1 aromatic heterocycles. The Kier molecular flexibility index (Phi) is 4.83. The van der Waals surface area contributed by atoms with Gasteiger partial charge in [0, 0.05) is 19.1 Å². The monoisotopic (exact) mass is 344 g/mol. The number of amides is 2. The fourth-order valence-electron chi connectivity index (χ4n) is 2.88. The zero-order valence-electron chi connectivity index (χ0n) is 14.3. The lowest BCUT2D eigenvalue weighted by Gasteiger charge is -2.16. The van der Waals surface area contributed by atoms with Crippen molar-refractivity contribution in [2.45, 2.75) is 32.2 Å². The Morgan fingerprint density at radius 2 is 2.12 bits per heavy atom. The Hall–Kier alpha value is -2.70. The number of carbonyl (C=O) groups excluding carboxylic acids is 2. The Morgan fingerprint density at radius 1 is 1.36 bits per heavy atom. The van der Waals surface area contributed by atoms with E-state index in [4.69, 9.17) is 0 Å². The van der Waals surface area contributed by atoms with Gasteiger partial charge in [-0.05, 0) is 30.5 Å². The largest absolute Gasteiger partial charge is 0.347 e. The minimum atomic E-state index is -0.551. The zero-order chi connectivity index (χ0) is 18.0. The average Bonchev–Trinajstić information content (AvgIpc) is 3.24. The van der Waals surface area contributed by atoms with Gasteiger partial charge in [0.05, 0.1) is 11.3 Å². The third-order valence-corrected chi connectivity index (χ3v) is 4.35. The molecule has 2 heterocycles. The normalized spacial score (nSPS) is 17.1. The van der Waals surface area contributed by atoms with Crippen LogP contribution in [-0.2, 0) is 0 Å². The molecule has 2 N–H and O–H groups in total. The minimum Gasteiger partial charge on any atom is -0.347 e. The van der Waals surface area contributed by atoms with Gasteiger partial charge in [0.2, 0.25) is 0 Å². The van der Waals surface area contributed by atoms with E-state index in [-0.39, 0.29) is 23.4 Å². The van der Waals surface area contributed by atoms with Gasteiger partial charge < -0.3 is 10.2 Å². The first-order valence-corrected chi connectivity index (χ1v) is 8.35. The van der Waals surface area contributed by atoms with Gasteiger partial charge >= 0.3 is 0 Å². The first-order valence-electron chi connectivity index (χ1n) is 8.35. The maximum Gasteiger partial charge on any atom is 0.271 e. The van der Waals surface area contributed by atoms with E-state index in [1.807, 2.05) is 13.8 Å². The van der Waals surface area contributed by atoms with Crippen molar-refractivity contribution in [3.63, 3.8) is 0 Å². The first-order chi connectivity index (χ1) is 12.0. The summed E-state index contributed by atoms with van der Waals surface area (Å²) < 4.78 is 13.7. The van der Waals surface area contributed by atoms with Gasteiger partial charge in [-0.3, -0.25) is 14.7 Å². The van der Waals surface area contributed by atoms with Crippen molar-refractivity contribution in [2.24, 2.45) is 0 Å². The van der Waals surface area contributed by atoms with Gasteiger partial charge in [0.15, 0.2) is 0 Å². The summed E-state index contributed by atoms with van der Waals surface area (Å²) in [5, 5.41) is 9.71. The van der Waals surface area contributed by atoms with Crippen LogP contribution in [0.25, 0.3) is 0 Å². The predicted molar refractivity (Wildman–Crippen MR) is 90.9 cm³/mol. The van der Waals surface area contributed by atoms with E-state index in [0.29, 0.717) is 25.2 Å². The van der Waals surface area contributed by atoms with Crippen LogP contribution < -0.4 is 5.32 Å². The molecule has 0 bridgehead atoms. The lowest BCUT2D eigenvalue weighted by molar-refractivity contribution is 0.0777. The summed E-state index contributed by atoms with van der Waals surface area (Å²) in [7, 11) is 0. The van der Waals surface area contributed by atoms with Gasteiger partial charge in [-0.15, -0.1) is 0 Å². The summed E-state index contributed by atoms with van der Waals surface area (Å²) in [6, 6.07) is 7.43. The van der Waals surface area contributed by atoms with E-state index in [1.165, 1.54) is 18.2 Å². The second kappa shape index (κ2) is 7.04. The number of nitrogens with one attached hydrogen (secondary N) is 2. The molecular formula is C18H21FN4O2. The molecule has 1 aliphatic heterocycles. The minimum absolute atomic E-state index is 0.0161. The number of carbonyl (C=O) groups is 2. The van der Waals surface area contributed by atoms with Crippen molar-refractivity contribution in [1.29, 1.82) is 0 Å². The second-order valence-electron chi connectivity index (χ2n) is 6.55. The molecule has 25 heavy (non-hydrogen) atoms. The highest BCUT2D eigenvalue weighted by Crippen LogP contribution is 2.17. The van der Waals surface area contributed by atoms with Gasteiger partial charge in [-0.1, -0.05) is 26.0 Å². The van der Waals surface area contributed by atoms with Crippen LogP contribution in [0.1, 0.15) is 52.7 Å². The number of likely N-dealkylation sites (tertiary alicyclic amines) is 1. The summed E-state index contributed by atoms with van der Waals surface area (Å²) in [6.07, 6.45) is 0.636. The van der Waals surface area contributed by atoms with Gasteiger partial charge in [-0.25, -0.2) is 4.39 Å². The van der Waals surface area contributed by atoms with Crippen LogP contribution in [0.2, 0.25) is 0 Å². The molecule has 1 atom stereocenters. The summed E-state index contributed by atoms with van der Waals surface area (Å²) in [5.41, 5.74) is 1.30.